The van der Waals surface area contributed by atoms with E-state index in [0.29, 0.717) is 12.1 Å². The quantitative estimate of drug-likeness (QED) is 0.844. The standard InChI is InChI=1S/C14H18IN3O/c15-10-4-5-13-12(9-10)17-14(16)18(13)7-6-11-3-1-2-8-19-11/h4-5,9,11H,1-3,6-8H2,(H2,16,17). The molecule has 1 unspecified atom stereocenters. The van der Waals surface area contributed by atoms with Gasteiger partial charge in [0.2, 0.25) is 5.95 Å². The lowest BCUT2D eigenvalue weighted by Gasteiger charge is -2.22. The molecule has 2 N–H and O–H groups in total. The molecule has 4 nitrogen and oxygen atoms in total. The Morgan fingerprint density at radius 1 is 1.42 bits per heavy atom. The molecule has 1 fully saturated rings. The highest BCUT2D eigenvalue weighted by atomic mass is 127. The van der Waals surface area contributed by atoms with Crippen LogP contribution in [0, 0.1) is 3.57 Å². The minimum Gasteiger partial charge on any atom is -0.378 e. The normalized spacial score (nSPS) is 19.9. The second-order valence-electron chi connectivity index (χ2n) is 5.03. The predicted molar refractivity (Wildman–Crippen MR) is 85.1 cm³/mol. The number of ether oxygens (including phenoxy) is 1. The first-order chi connectivity index (χ1) is 9.24. The second kappa shape index (κ2) is 5.66. The topological polar surface area (TPSA) is 53.1 Å². The van der Waals surface area contributed by atoms with Crippen molar-refractivity contribution in [2.24, 2.45) is 0 Å². The van der Waals surface area contributed by atoms with Gasteiger partial charge in [-0.3, -0.25) is 0 Å². The van der Waals surface area contributed by atoms with Crippen molar-refractivity contribution in [3.63, 3.8) is 0 Å². The maximum atomic E-state index is 6.03. The molecule has 1 atom stereocenters. The molecule has 2 heterocycles. The summed E-state index contributed by atoms with van der Waals surface area (Å²) in [7, 11) is 0. The second-order valence-corrected chi connectivity index (χ2v) is 6.28. The summed E-state index contributed by atoms with van der Waals surface area (Å²) in [5, 5.41) is 0. The maximum Gasteiger partial charge on any atom is 0.201 e. The van der Waals surface area contributed by atoms with Gasteiger partial charge in [0.05, 0.1) is 17.1 Å². The Morgan fingerprint density at radius 3 is 3.11 bits per heavy atom. The lowest BCUT2D eigenvalue weighted by atomic mass is 10.1. The number of nitrogen functional groups attached to an aromatic ring is 1. The number of benzene rings is 1. The van der Waals surface area contributed by atoms with Crippen molar-refractivity contribution in [2.45, 2.75) is 38.3 Å². The molecular weight excluding hydrogens is 353 g/mol. The van der Waals surface area contributed by atoms with Crippen LogP contribution in [-0.4, -0.2) is 22.3 Å². The maximum absolute atomic E-state index is 6.03. The Labute approximate surface area is 126 Å². The van der Waals surface area contributed by atoms with Gasteiger partial charge in [-0.25, -0.2) is 4.98 Å². The van der Waals surface area contributed by atoms with Crippen LogP contribution >= 0.6 is 22.6 Å². The van der Waals surface area contributed by atoms with Crippen LogP contribution in [0.1, 0.15) is 25.7 Å². The fourth-order valence-corrected chi connectivity index (χ4v) is 3.14. The number of imidazole rings is 1. The molecule has 1 saturated heterocycles. The minimum atomic E-state index is 0.384. The number of halogens is 1. The smallest absolute Gasteiger partial charge is 0.201 e. The molecule has 5 heteroatoms. The number of hydrogen-bond acceptors (Lipinski definition) is 3. The van der Waals surface area contributed by atoms with Crippen molar-refractivity contribution in [2.75, 3.05) is 12.3 Å². The average molecular weight is 371 g/mol. The highest BCUT2D eigenvalue weighted by molar-refractivity contribution is 14.1. The fraction of sp³-hybridized carbons (Fsp3) is 0.500. The molecule has 1 aromatic carbocycles. The summed E-state index contributed by atoms with van der Waals surface area (Å²) >= 11 is 2.30. The minimum absolute atomic E-state index is 0.384. The largest absolute Gasteiger partial charge is 0.378 e. The highest BCUT2D eigenvalue weighted by Crippen LogP contribution is 2.22. The zero-order valence-electron chi connectivity index (χ0n) is 10.8. The molecule has 1 aliphatic heterocycles. The van der Waals surface area contributed by atoms with Crippen molar-refractivity contribution in [1.82, 2.24) is 9.55 Å². The van der Waals surface area contributed by atoms with E-state index in [4.69, 9.17) is 10.5 Å². The van der Waals surface area contributed by atoms with Gasteiger partial charge >= 0.3 is 0 Å². The van der Waals surface area contributed by atoms with E-state index in [1.165, 1.54) is 22.8 Å². The number of hydrogen-bond donors (Lipinski definition) is 1. The van der Waals surface area contributed by atoms with E-state index in [9.17, 15) is 0 Å². The molecule has 1 aliphatic rings. The van der Waals surface area contributed by atoms with E-state index in [1.807, 2.05) is 0 Å². The van der Waals surface area contributed by atoms with Gasteiger partial charge in [0.15, 0.2) is 0 Å². The number of nitrogens with zero attached hydrogens (tertiary/aromatic N) is 2. The van der Waals surface area contributed by atoms with Gasteiger partial charge in [0.25, 0.3) is 0 Å². The van der Waals surface area contributed by atoms with Crippen LogP contribution < -0.4 is 5.73 Å². The van der Waals surface area contributed by atoms with Crippen LogP contribution in [-0.2, 0) is 11.3 Å². The summed E-state index contributed by atoms with van der Waals surface area (Å²) in [5.74, 6) is 0.604. The molecule has 0 amide bonds. The Kier molecular flexibility index (Phi) is 3.93. The molecule has 3 rings (SSSR count). The van der Waals surface area contributed by atoms with Crippen molar-refractivity contribution in [1.29, 1.82) is 0 Å². The summed E-state index contributed by atoms with van der Waals surface area (Å²) in [6, 6.07) is 6.26. The van der Waals surface area contributed by atoms with Crippen LogP contribution in [0.5, 0.6) is 0 Å². The van der Waals surface area contributed by atoms with E-state index < -0.39 is 0 Å². The van der Waals surface area contributed by atoms with Crippen LogP contribution in [0.15, 0.2) is 18.2 Å². The van der Waals surface area contributed by atoms with Gasteiger partial charge in [-0.05, 0) is 66.5 Å². The van der Waals surface area contributed by atoms with Crippen molar-refractivity contribution in [3.05, 3.63) is 21.8 Å². The number of nitrogens with two attached hydrogens (primary N) is 1. The molecular formula is C14H18IN3O. The molecule has 102 valence electrons. The molecule has 2 aromatic rings. The molecule has 0 spiro atoms. The van der Waals surface area contributed by atoms with E-state index in [-0.39, 0.29) is 0 Å². The lowest BCUT2D eigenvalue weighted by Crippen LogP contribution is -2.21. The summed E-state index contributed by atoms with van der Waals surface area (Å²) in [5.41, 5.74) is 8.13. The Bertz CT molecular complexity index is 575. The number of anilines is 1. The van der Waals surface area contributed by atoms with Crippen LogP contribution in [0.2, 0.25) is 0 Å². The summed E-state index contributed by atoms with van der Waals surface area (Å²) < 4.78 is 9.06. The average Bonchev–Trinajstić information content (AvgIpc) is 2.72. The van der Waals surface area contributed by atoms with Gasteiger partial charge < -0.3 is 15.0 Å². The Balaban J connectivity index is 1.78. The van der Waals surface area contributed by atoms with Crippen molar-refractivity contribution >= 4 is 39.6 Å². The third-order valence-electron chi connectivity index (χ3n) is 3.69. The molecule has 0 radical (unpaired) electrons. The summed E-state index contributed by atoms with van der Waals surface area (Å²) in [6.07, 6.45) is 5.05. The number of rotatable bonds is 3. The number of aryl methyl sites for hydroxylation is 1. The van der Waals surface area contributed by atoms with Gasteiger partial charge in [0, 0.05) is 16.7 Å². The highest BCUT2D eigenvalue weighted by Gasteiger charge is 2.15. The van der Waals surface area contributed by atoms with Crippen LogP contribution in [0.3, 0.4) is 0 Å². The van der Waals surface area contributed by atoms with E-state index in [1.54, 1.807) is 0 Å². The Morgan fingerprint density at radius 2 is 2.32 bits per heavy atom. The molecule has 1 aromatic heterocycles. The third-order valence-corrected chi connectivity index (χ3v) is 4.36. The molecule has 19 heavy (non-hydrogen) atoms. The van der Waals surface area contributed by atoms with Gasteiger partial charge in [-0.1, -0.05) is 0 Å². The van der Waals surface area contributed by atoms with E-state index >= 15 is 0 Å². The van der Waals surface area contributed by atoms with Gasteiger partial charge in [-0.15, -0.1) is 0 Å². The molecule has 0 saturated carbocycles. The van der Waals surface area contributed by atoms with Crippen LogP contribution in [0.4, 0.5) is 5.95 Å². The third kappa shape index (κ3) is 2.86. The first-order valence-corrected chi connectivity index (χ1v) is 7.85. The summed E-state index contributed by atoms with van der Waals surface area (Å²) in [6.45, 7) is 1.79. The van der Waals surface area contributed by atoms with Gasteiger partial charge in [0.1, 0.15) is 0 Å². The van der Waals surface area contributed by atoms with E-state index in [0.717, 1.165) is 30.6 Å². The van der Waals surface area contributed by atoms with E-state index in [2.05, 4.69) is 50.3 Å². The number of fused-ring (bicyclic) bond motifs is 1. The summed E-state index contributed by atoms with van der Waals surface area (Å²) in [4.78, 5) is 4.43. The molecule has 0 aliphatic carbocycles. The monoisotopic (exact) mass is 371 g/mol. The first kappa shape index (κ1) is 13.2. The zero-order chi connectivity index (χ0) is 13.2. The molecule has 0 bridgehead atoms. The Hall–Kier alpha value is -0.820. The van der Waals surface area contributed by atoms with Crippen molar-refractivity contribution in [3.8, 4) is 0 Å². The fourth-order valence-electron chi connectivity index (χ4n) is 2.66. The van der Waals surface area contributed by atoms with Crippen LogP contribution in [0.25, 0.3) is 11.0 Å². The lowest BCUT2D eigenvalue weighted by molar-refractivity contribution is 0.00906. The predicted octanol–water partition coefficient (Wildman–Crippen LogP) is 3.18. The van der Waals surface area contributed by atoms with Gasteiger partial charge in [-0.2, -0.15) is 0 Å². The number of aromatic nitrogens is 2. The first-order valence-electron chi connectivity index (χ1n) is 6.77. The zero-order valence-corrected chi connectivity index (χ0v) is 13.0. The SMILES string of the molecule is Nc1nc2cc(I)ccc2n1CCC1CCCCO1. The van der Waals surface area contributed by atoms with Crippen molar-refractivity contribution < 1.29 is 4.74 Å².